The molecule has 1 aromatic carbocycles. The number of imidazole rings is 1. The Morgan fingerprint density at radius 3 is 2.79 bits per heavy atom. The molecule has 0 saturated heterocycles. The van der Waals surface area contributed by atoms with Gasteiger partial charge in [-0.15, -0.1) is 0 Å². The molecule has 0 bridgehead atoms. The third-order valence-corrected chi connectivity index (χ3v) is 3.82. The first-order valence-corrected chi connectivity index (χ1v) is 6.70. The van der Waals surface area contributed by atoms with Gasteiger partial charge >= 0.3 is 0 Å². The number of nitrogens with one attached hydrogen (secondary N) is 1. The number of benzene rings is 1. The molecule has 0 unspecified atom stereocenters. The predicted molar refractivity (Wildman–Crippen MR) is 78.3 cm³/mol. The summed E-state index contributed by atoms with van der Waals surface area (Å²) in [6, 6.07) is 6.35. The quantitative estimate of drug-likeness (QED) is 0.867. The number of aryl methyl sites for hydroxylation is 1. The number of nitrogens with zero attached hydrogens (tertiary/aromatic N) is 2. The molecule has 1 heterocycles. The van der Waals surface area contributed by atoms with E-state index in [1.165, 1.54) is 5.56 Å². The Kier molecular flexibility index (Phi) is 3.92. The van der Waals surface area contributed by atoms with E-state index in [1.807, 2.05) is 6.92 Å². The minimum Gasteiger partial charge on any atom is -0.394 e. The van der Waals surface area contributed by atoms with Crippen molar-refractivity contribution < 1.29 is 5.11 Å². The molecule has 0 atom stereocenters. The van der Waals surface area contributed by atoms with Crippen molar-refractivity contribution in [1.82, 2.24) is 14.9 Å². The minimum atomic E-state index is -0.172. The Labute approximate surface area is 114 Å². The molecular formula is C15H23N3O. The highest BCUT2D eigenvalue weighted by molar-refractivity contribution is 5.75. The largest absolute Gasteiger partial charge is 0.394 e. The second-order valence-corrected chi connectivity index (χ2v) is 5.82. The molecule has 0 fully saturated rings. The van der Waals surface area contributed by atoms with E-state index in [-0.39, 0.29) is 12.1 Å². The van der Waals surface area contributed by atoms with Crippen molar-refractivity contribution in [3.05, 3.63) is 29.6 Å². The van der Waals surface area contributed by atoms with Gasteiger partial charge in [0.2, 0.25) is 0 Å². The van der Waals surface area contributed by atoms with Crippen molar-refractivity contribution in [2.24, 2.45) is 0 Å². The van der Waals surface area contributed by atoms with Crippen molar-refractivity contribution in [2.75, 3.05) is 20.2 Å². The van der Waals surface area contributed by atoms with E-state index < -0.39 is 0 Å². The summed E-state index contributed by atoms with van der Waals surface area (Å²) < 4.78 is 0. The van der Waals surface area contributed by atoms with E-state index in [1.54, 1.807) is 0 Å². The van der Waals surface area contributed by atoms with Gasteiger partial charge in [-0.05, 0) is 51.9 Å². The van der Waals surface area contributed by atoms with Crippen LogP contribution in [0.5, 0.6) is 0 Å². The number of hydrogen-bond donors (Lipinski definition) is 2. The van der Waals surface area contributed by atoms with Crippen LogP contribution in [0.2, 0.25) is 0 Å². The van der Waals surface area contributed by atoms with Gasteiger partial charge in [-0.25, -0.2) is 4.98 Å². The van der Waals surface area contributed by atoms with Gasteiger partial charge in [0.05, 0.1) is 17.6 Å². The lowest BCUT2D eigenvalue weighted by atomic mass is 10.0. The molecule has 0 aliphatic heterocycles. The van der Waals surface area contributed by atoms with Gasteiger partial charge < -0.3 is 10.1 Å². The number of aromatic nitrogens is 2. The number of aliphatic hydroxyl groups is 1. The maximum Gasteiger partial charge on any atom is 0.104 e. The van der Waals surface area contributed by atoms with Gasteiger partial charge in [0.1, 0.15) is 5.82 Å². The second-order valence-electron chi connectivity index (χ2n) is 5.82. The van der Waals surface area contributed by atoms with Gasteiger partial charge in [-0.3, -0.25) is 4.90 Å². The zero-order valence-electron chi connectivity index (χ0n) is 12.2. The first-order valence-electron chi connectivity index (χ1n) is 6.70. The van der Waals surface area contributed by atoms with E-state index in [0.29, 0.717) is 0 Å². The summed E-state index contributed by atoms with van der Waals surface area (Å²) >= 11 is 0. The standard InChI is InChI=1S/C15H23N3O/c1-11-16-13-6-5-12(9-14(13)17-11)7-8-18(4)15(2,3)10-19/h5-6,9,19H,7-8,10H2,1-4H3,(H,16,17). The van der Waals surface area contributed by atoms with Crippen molar-refractivity contribution in [2.45, 2.75) is 32.7 Å². The maximum absolute atomic E-state index is 9.35. The fourth-order valence-electron chi connectivity index (χ4n) is 2.06. The summed E-state index contributed by atoms with van der Waals surface area (Å²) in [7, 11) is 2.05. The highest BCUT2D eigenvalue weighted by atomic mass is 16.3. The smallest absolute Gasteiger partial charge is 0.104 e. The first-order chi connectivity index (χ1) is 8.92. The minimum absolute atomic E-state index is 0.169. The molecule has 2 rings (SSSR count). The molecule has 104 valence electrons. The molecule has 0 amide bonds. The van der Waals surface area contributed by atoms with Crippen LogP contribution in [0.15, 0.2) is 18.2 Å². The molecule has 2 N–H and O–H groups in total. The summed E-state index contributed by atoms with van der Waals surface area (Å²) in [6.45, 7) is 7.16. The Balaban J connectivity index is 2.05. The van der Waals surface area contributed by atoms with E-state index in [9.17, 15) is 5.11 Å². The third-order valence-electron chi connectivity index (χ3n) is 3.82. The summed E-state index contributed by atoms with van der Waals surface area (Å²) in [5, 5.41) is 9.35. The van der Waals surface area contributed by atoms with E-state index in [2.05, 4.69) is 54.0 Å². The molecule has 1 aromatic heterocycles. The number of likely N-dealkylation sites (N-methyl/N-ethyl adjacent to an activating group) is 1. The normalized spacial score (nSPS) is 12.5. The number of hydrogen-bond acceptors (Lipinski definition) is 3. The van der Waals surface area contributed by atoms with E-state index in [0.717, 1.165) is 29.8 Å². The van der Waals surface area contributed by atoms with E-state index >= 15 is 0 Å². The van der Waals surface area contributed by atoms with Crippen molar-refractivity contribution in [3.8, 4) is 0 Å². The van der Waals surface area contributed by atoms with Crippen LogP contribution in [0.4, 0.5) is 0 Å². The maximum atomic E-state index is 9.35. The molecule has 0 radical (unpaired) electrons. The number of aromatic amines is 1. The number of H-pyrrole nitrogens is 1. The van der Waals surface area contributed by atoms with E-state index in [4.69, 9.17) is 0 Å². The van der Waals surface area contributed by atoms with Gasteiger partial charge in [0.25, 0.3) is 0 Å². The first kappa shape index (κ1) is 14.0. The zero-order valence-corrected chi connectivity index (χ0v) is 12.2. The van der Waals surface area contributed by atoms with Gasteiger partial charge in [0.15, 0.2) is 0 Å². The molecule has 0 aliphatic rings. The highest BCUT2D eigenvalue weighted by Crippen LogP contribution is 2.16. The van der Waals surface area contributed by atoms with Gasteiger partial charge in [-0.2, -0.15) is 0 Å². The topological polar surface area (TPSA) is 52.1 Å². The fraction of sp³-hybridized carbons (Fsp3) is 0.533. The van der Waals surface area contributed by atoms with Gasteiger partial charge in [-0.1, -0.05) is 6.07 Å². The van der Waals surface area contributed by atoms with Crippen molar-refractivity contribution in [3.63, 3.8) is 0 Å². The molecule has 4 nitrogen and oxygen atoms in total. The number of aliphatic hydroxyl groups excluding tert-OH is 1. The van der Waals surface area contributed by atoms with Crippen LogP contribution in [-0.2, 0) is 6.42 Å². The molecule has 4 heteroatoms. The Hall–Kier alpha value is -1.39. The summed E-state index contributed by atoms with van der Waals surface area (Å²) in [6.07, 6.45) is 0.966. The zero-order chi connectivity index (χ0) is 14.0. The van der Waals surface area contributed by atoms with Crippen LogP contribution in [0.25, 0.3) is 11.0 Å². The second kappa shape index (κ2) is 5.31. The third kappa shape index (κ3) is 3.14. The van der Waals surface area contributed by atoms with Crippen molar-refractivity contribution in [1.29, 1.82) is 0 Å². The van der Waals surface area contributed by atoms with Crippen LogP contribution in [0.1, 0.15) is 25.2 Å². The molecule has 0 aliphatic carbocycles. The summed E-state index contributed by atoms with van der Waals surface area (Å²) in [5.41, 5.74) is 3.23. The van der Waals surface area contributed by atoms with Crippen molar-refractivity contribution >= 4 is 11.0 Å². The van der Waals surface area contributed by atoms with Crippen LogP contribution < -0.4 is 0 Å². The fourth-order valence-corrected chi connectivity index (χ4v) is 2.06. The molecule has 2 aromatic rings. The van der Waals surface area contributed by atoms with Crippen LogP contribution in [0.3, 0.4) is 0 Å². The monoisotopic (exact) mass is 261 g/mol. The Morgan fingerprint density at radius 2 is 2.11 bits per heavy atom. The molecule has 0 saturated carbocycles. The molecular weight excluding hydrogens is 238 g/mol. The Bertz CT molecular complexity index is 560. The number of rotatable bonds is 5. The average molecular weight is 261 g/mol. The lowest BCUT2D eigenvalue weighted by Gasteiger charge is -2.33. The lowest BCUT2D eigenvalue weighted by molar-refractivity contribution is 0.0801. The summed E-state index contributed by atoms with van der Waals surface area (Å²) in [5.74, 6) is 0.950. The van der Waals surface area contributed by atoms with Crippen LogP contribution >= 0.6 is 0 Å². The Morgan fingerprint density at radius 1 is 1.37 bits per heavy atom. The van der Waals surface area contributed by atoms with Crippen LogP contribution in [0, 0.1) is 6.92 Å². The van der Waals surface area contributed by atoms with Crippen LogP contribution in [-0.4, -0.2) is 45.7 Å². The summed E-state index contributed by atoms with van der Waals surface area (Å²) in [4.78, 5) is 9.86. The highest BCUT2D eigenvalue weighted by Gasteiger charge is 2.21. The molecule has 19 heavy (non-hydrogen) atoms. The van der Waals surface area contributed by atoms with Gasteiger partial charge in [0, 0.05) is 12.1 Å². The predicted octanol–water partition coefficient (Wildman–Crippen LogP) is 2.12. The average Bonchev–Trinajstić information content (AvgIpc) is 2.74. The lowest BCUT2D eigenvalue weighted by Crippen LogP contribution is -2.45. The molecule has 0 spiro atoms. The number of fused-ring (bicyclic) bond motifs is 1. The SMILES string of the molecule is Cc1nc2ccc(CCN(C)C(C)(C)CO)cc2[nH]1.